The molecule has 0 saturated heterocycles. The number of carbonyl (C=O) groups excluding carboxylic acids is 3. The molecule has 0 aliphatic rings. The molecule has 4 aromatic rings. The summed E-state index contributed by atoms with van der Waals surface area (Å²) in [5.74, 6) is -1.35. The molecule has 7 nitrogen and oxygen atoms in total. The molecular formula is C27H23Cl2N3O4S. The number of para-hydroxylation sites is 1. The highest BCUT2D eigenvalue weighted by Gasteiger charge is 2.28. The number of hydrogen-bond acceptors (Lipinski definition) is 6. The smallest absolute Gasteiger partial charge is 0.341 e. The molecule has 0 atom stereocenters. The van der Waals surface area contributed by atoms with Crippen LogP contribution in [-0.2, 0) is 4.74 Å². The van der Waals surface area contributed by atoms with Gasteiger partial charge in [-0.1, -0.05) is 47.5 Å². The van der Waals surface area contributed by atoms with Crippen molar-refractivity contribution in [2.75, 3.05) is 26.0 Å². The number of nitrogens with one attached hydrogen (secondary N) is 1. The minimum absolute atomic E-state index is 0.153. The van der Waals surface area contributed by atoms with Crippen molar-refractivity contribution in [2.24, 2.45) is 0 Å². The van der Waals surface area contributed by atoms with Crippen molar-refractivity contribution in [2.45, 2.75) is 13.8 Å². The number of thiophene rings is 1. The zero-order chi connectivity index (χ0) is 26.9. The Balaban J connectivity index is 1.82. The summed E-state index contributed by atoms with van der Waals surface area (Å²) in [6, 6.07) is 14.0. The molecule has 4 rings (SSSR count). The number of benzene rings is 2. The molecule has 0 aliphatic carbocycles. The van der Waals surface area contributed by atoms with Gasteiger partial charge in [0, 0.05) is 25.0 Å². The zero-order valence-electron chi connectivity index (χ0n) is 20.5. The van der Waals surface area contributed by atoms with Crippen LogP contribution in [0, 0.1) is 6.92 Å². The fraction of sp³-hybridized carbons (Fsp3) is 0.185. The maximum Gasteiger partial charge on any atom is 0.341 e. The quantitative estimate of drug-likeness (QED) is 0.267. The molecule has 0 fully saturated rings. The number of pyridine rings is 1. The molecule has 0 bridgehead atoms. The molecule has 2 heterocycles. The SMILES string of the molecule is CCOC(=O)c1c(NC(=O)c2cc(-c3ccc(Cl)c(Cl)c3)nc3ccccc23)sc(C(=O)N(C)C)c1C. The summed E-state index contributed by atoms with van der Waals surface area (Å²) in [5, 5.41) is 4.49. The molecule has 0 aliphatic heterocycles. The van der Waals surface area contributed by atoms with Crippen LogP contribution < -0.4 is 5.32 Å². The average Bonchev–Trinajstić information content (AvgIpc) is 3.19. The number of rotatable bonds is 6. The van der Waals surface area contributed by atoms with Crippen molar-refractivity contribution in [3.63, 3.8) is 0 Å². The Morgan fingerprint density at radius 1 is 1.05 bits per heavy atom. The molecule has 0 radical (unpaired) electrons. The van der Waals surface area contributed by atoms with Gasteiger partial charge in [0.05, 0.1) is 43.9 Å². The van der Waals surface area contributed by atoms with Crippen molar-refractivity contribution in [1.82, 2.24) is 9.88 Å². The predicted octanol–water partition coefficient (Wildman–Crippen LogP) is 6.71. The van der Waals surface area contributed by atoms with Crippen LogP contribution in [0.5, 0.6) is 0 Å². The van der Waals surface area contributed by atoms with Crippen LogP contribution in [0.25, 0.3) is 22.2 Å². The Labute approximate surface area is 228 Å². The van der Waals surface area contributed by atoms with Gasteiger partial charge in [0.25, 0.3) is 11.8 Å². The molecular weight excluding hydrogens is 533 g/mol. The third kappa shape index (κ3) is 5.32. The Hall–Kier alpha value is -3.46. The van der Waals surface area contributed by atoms with Crippen LogP contribution in [0.15, 0.2) is 48.5 Å². The lowest BCUT2D eigenvalue weighted by Gasteiger charge is -2.11. The molecule has 2 aromatic carbocycles. The number of fused-ring (bicyclic) bond motifs is 1. The van der Waals surface area contributed by atoms with Gasteiger partial charge in [-0.05, 0) is 43.7 Å². The summed E-state index contributed by atoms with van der Waals surface area (Å²) in [6.07, 6.45) is 0. The van der Waals surface area contributed by atoms with Crippen molar-refractivity contribution < 1.29 is 19.1 Å². The van der Waals surface area contributed by atoms with Gasteiger partial charge in [-0.2, -0.15) is 0 Å². The number of ether oxygens (including phenoxy) is 1. The fourth-order valence-corrected chi connectivity index (χ4v) is 5.30. The third-order valence-electron chi connectivity index (χ3n) is 5.63. The highest BCUT2D eigenvalue weighted by Crippen LogP contribution is 2.36. The first-order chi connectivity index (χ1) is 17.6. The van der Waals surface area contributed by atoms with Crippen molar-refractivity contribution >= 4 is 68.2 Å². The third-order valence-corrected chi connectivity index (χ3v) is 7.56. The van der Waals surface area contributed by atoms with E-state index in [0.717, 1.165) is 11.3 Å². The second-order valence-electron chi connectivity index (χ2n) is 8.34. The summed E-state index contributed by atoms with van der Waals surface area (Å²) in [4.78, 5) is 45.7. The van der Waals surface area contributed by atoms with E-state index in [9.17, 15) is 14.4 Å². The number of halogens is 2. The summed E-state index contributed by atoms with van der Waals surface area (Å²) in [5.41, 5.74) is 2.77. The number of hydrogen-bond donors (Lipinski definition) is 1. The molecule has 1 N–H and O–H groups in total. The number of esters is 1. The summed E-state index contributed by atoms with van der Waals surface area (Å²) in [6.45, 7) is 3.51. The van der Waals surface area contributed by atoms with Gasteiger partial charge in [-0.3, -0.25) is 9.59 Å². The molecule has 0 saturated carbocycles. The van der Waals surface area contributed by atoms with Crippen LogP contribution in [0.3, 0.4) is 0 Å². The van der Waals surface area contributed by atoms with Gasteiger partial charge in [0.1, 0.15) is 5.00 Å². The van der Waals surface area contributed by atoms with E-state index >= 15 is 0 Å². The first kappa shape index (κ1) is 26.6. The second kappa shape index (κ2) is 10.9. The van der Waals surface area contributed by atoms with E-state index in [4.69, 9.17) is 32.9 Å². The summed E-state index contributed by atoms with van der Waals surface area (Å²) >= 11 is 13.3. The largest absolute Gasteiger partial charge is 0.462 e. The first-order valence-electron chi connectivity index (χ1n) is 11.3. The second-order valence-corrected chi connectivity index (χ2v) is 10.2. The van der Waals surface area contributed by atoms with Crippen LogP contribution in [0.4, 0.5) is 5.00 Å². The van der Waals surface area contributed by atoms with Gasteiger partial charge in [-0.25, -0.2) is 9.78 Å². The number of aromatic nitrogens is 1. The molecule has 0 unspecified atom stereocenters. The lowest BCUT2D eigenvalue weighted by Crippen LogP contribution is -2.21. The molecule has 10 heteroatoms. The standard InChI is InChI=1S/C27H23Cl2N3O4S/c1-5-36-27(35)22-14(2)23(26(34)32(3)4)37-25(22)31-24(33)17-13-21(15-10-11-18(28)19(29)12-15)30-20-9-7-6-8-16(17)20/h6-13H,5H2,1-4H3,(H,31,33). The topological polar surface area (TPSA) is 88.6 Å². The van der Waals surface area contributed by atoms with Crippen molar-refractivity contribution in [3.8, 4) is 11.3 Å². The number of amides is 2. The predicted molar refractivity (Wildman–Crippen MR) is 148 cm³/mol. The molecule has 37 heavy (non-hydrogen) atoms. The van der Waals surface area contributed by atoms with E-state index in [2.05, 4.69) is 5.32 Å². The minimum Gasteiger partial charge on any atom is -0.462 e. The molecule has 190 valence electrons. The van der Waals surface area contributed by atoms with Crippen LogP contribution in [-0.4, -0.2) is 48.4 Å². The van der Waals surface area contributed by atoms with E-state index in [1.54, 1.807) is 64.3 Å². The number of anilines is 1. The minimum atomic E-state index is -0.611. The van der Waals surface area contributed by atoms with E-state index in [-0.39, 0.29) is 23.1 Å². The molecule has 0 spiro atoms. The van der Waals surface area contributed by atoms with Gasteiger partial charge < -0.3 is 15.0 Å². The van der Waals surface area contributed by atoms with Gasteiger partial charge in [-0.15, -0.1) is 11.3 Å². The summed E-state index contributed by atoms with van der Waals surface area (Å²) < 4.78 is 5.22. The van der Waals surface area contributed by atoms with Crippen molar-refractivity contribution in [1.29, 1.82) is 0 Å². The maximum atomic E-state index is 13.7. The molecule has 2 amide bonds. The van der Waals surface area contributed by atoms with Gasteiger partial charge >= 0.3 is 5.97 Å². The summed E-state index contributed by atoms with van der Waals surface area (Å²) in [7, 11) is 3.24. The van der Waals surface area contributed by atoms with Crippen molar-refractivity contribution in [3.05, 3.63) is 80.1 Å². The van der Waals surface area contributed by atoms with E-state index in [0.29, 0.717) is 48.2 Å². The van der Waals surface area contributed by atoms with Crippen LogP contribution in [0.2, 0.25) is 10.0 Å². The van der Waals surface area contributed by atoms with Gasteiger partial charge in [0.15, 0.2) is 0 Å². The van der Waals surface area contributed by atoms with Gasteiger partial charge in [0.2, 0.25) is 0 Å². The monoisotopic (exact) mass is 555 g/mol. The fourth-order valence-electron chi connectivity index (χ4n) is 3.79. The molecule has 2 aromatic heterocycles. The maximum absolute atomic E-state index is 13.7. The first-order valence-corrected chi connectivity index (χ1v) is 12.9. The number of carbonyl (C=O) groups is 3. The van der Waals surface area contributed by atoms with Crippen LogP contribution in [0.1, 0.15) is 42.9 Å². The highest BCUT2D eigenvalue weighted by atomic mass is 35.5. The number of nitrogens with zero attached hydrogens (tertiary/aromatic N) is 2. The van der Waals surface area contributed by atoms with E-state index in [1.165, 1.54) is 4.90 Å². The average molecular weight is 556 g/mol. The normalized spacial score (nSPS) is 10.9. The van der Waals surface area contributed by atoms with E-state index in [1.807, 2.05) is 12.1 Å². The van der Waals surface area contributed by atoms with Crippen LogP contribution >= 0.6 is 34.5 Å². The Morgan fingerprint density at radius 3 is 2.46 bits per heavy atom. The Bertz CT molecular complexity index is 1550. The highest BCUT2D eigenvalue weighted by molar-refractivity contribution is 7.18. The lowest BCUT2D eigenvalue weighted by atomic mass is 10.0. The Morgan fingerprint density at radius 2 is 1.78 bits per heavy atom. The lowest BCUT2D eigenvalue weighted by molar-refractivity contribution is 0.0527. The zero-order valence-corrected chi connectivity index (χ0v) is 22.8. The Kier molecular flexibility index (Phi) is 7.82. The van der Waals surface area contributed by atoms with E-state index < -0.39 is 11.9 Å².